The van der Waals surface area contributed by atoms with Gasteiger partial charge >= 0.3 is 0 Å². The second-order valence-electron chi connectivity index (χ2n) is 5.10. The van der Waals surface area contributed by atoms with E-state index in [2.05, 4.69) is 28.1 Å². The summed E-state index contributed by atoms with van der Waals surface area (Å²) in [5.41, 5.74) is 2.14. The highest BCUT2D eigenvalue weighted by molar-refractivity contribution is 5.63. The molecule has 0 radical (unpaired) electrons. The quantitative estimate of drug-likeness (QED) is 0.856. The molecule has 0 saturated carbocycles. The summed E-state index contributed by atoms with van der Waals surface area (Å²) >= 11 is 0. The van der Waals surface area contributed by atoms with Crippen molar-refractivity contribution in [3.8, 4) is 5.75 Å². The number of anilines is 2. The maximum Gasteiger partial charge on any atom is 0.134 e. The van der Waals surface area contributed by atoms with Crippen molar-refractivity contribution >= 4 is 11.4 Å². The van der Waals surface area contributed by atoms with Crippen molar-refractivity contribution in [1.82, 2.24) is 4.98 Å². The third-order valence-electron chi connectivity index (χ3n) is 3.72. The highest BCUT2D eigenvalue weighted by atomic mass is 16.5. The summed E-state index contributed by atoms with van der Waals surface area (Å²) in [4.78, 5) is 6.45. The number of hydrogen-bond donors (Lipinski definition) is 0. The summed E-state index contributed by atoms with van der Waals surface area (Å²) in [6, 6.07) is 12.1. The second kappa shape index (κ2) is 6.59. The van der Waals surface area contributed by atoms with E-state index in [0.717, 1.165) is 36.6 Å². The minimum Gasteiger partial charge on any atom is -0.497 e. The van der Waals surface area contributed by atoms with Gasteiger partial charge in [0.25, 0.3) is 0 Å². The molecule has 21 heavy (non-hydrogen) atoms. The van der Waals surface area contributed by atoms with Gasteiger partial charge in [-0.2, -0.15) is 0 Å². The Morgan fingerprint density at radius 2 is 2.00 bits per heavy atom. The van der Waals surface area contributed by atoms with Crippen molar-refractivity contribution in [3.63, 3.8) is 0 Å². The first-order chi connectivity index (χ1) is 10.4. The molecule has 1 aliphatic rings. The zero-order valence-electron chi connectivity index (χ0n) is 12.2. The van der Waals surface area contributed by atoms with Crippen LogP contribution in [0.1, 0.15) is 19.3 Å². The number of rotatable bonds is 4. The van der Waals surface area contributed by atoms with Gasteiger partial charge in [-0.25, -0.2) is 0 Å². The molecule has 0 aliphatic carbocycles. The van der Waals surface area contributed by atoms with Gasteiger partial charge in [0, 0.05) is 18.5 Å². The van der Waals surface area contributed by atoms with E-state index < -0.39 is 0 Å². The second-order valence-corrected chi connectivity index (χ2v) is 5.10. The Bertz CT molecular complexity index is 551. The molecule has 4 heteroatoms. The molecule has 1 aliphatic heterocycles. The van der Waals surface area contributed by atoms with Crippen molar-refractivity contribution in [2.75, 3.05) is 18.6 Å². The fourth-order valence-corrected chi connectivity index (χ4v) is 2.65. The van der Waals surface area contributed by atoms with Crippen LogP contribution in [-0.4, -0.2) is 24.9 Å². The third kappa shape index (κ3) is 3.16. The van der Waals surface area contributed by atoms with E-state index in [-0.39, 0.29) is 6.23 Å². The number of benzene rings is 1. The lowest BCUT2D eigenvalue weighted by Gasteiger charge is -2.35. The van der Waals surface area contributed by atoms with Gasteiger partial charge in [0.15, 0.2) is 0 Å². The minimum atomic E-state index is 0.0661. The van der Waals surface area contributed by atoms with Crippen molar-refractivity contribution in [1.29, 1.82) is 0 Å². The lowest BCUT2D eigenvalue weighted by molar-refractivity contribution is 0.0207. The number of nitrogens with zero attached hydrogens (tertiary/aromatic N) is 2. The lowest BCUT2D eigenvalue weighted by Crippen LogP contribution is -2.36. The third-order valence-corrected chi connectivity index (χ3v) is 3.72. The molecule has 4 nitrogen and oxygen atoms in total. The van der Waals surface area contributed by atoms with Gasteiger partial charge in [-0.3, -0.25) is 4.98 Å². The van der Waals surface area contributed by atoms with Crippen molar-refractivity contribution in [2.45, 2.75) is 25.5 Å². The van der Waals surface area contributed by atoms with Crippen LogP contribution in [0.5, 0.6) is 5.75 Å². The van der Waals surface area contributed by atoms with Gasteiger partial charge in [-0.15, -0.1) is 0 Å². The fourth-order valence-electron chi connectivity index (χ4n) is 2.65. The molecule has 110 valence electrons. The van der Waals surface area contributed by atoms with Crippen LogP contribution in [0.15, 0.2) is 48.8 Å². The van der Waals surface area contributed by atoms with Crippen molar-refractivity contribution in [3.05, 3.63) is 48.8 Å². The molecule has 0 N–H and O–H groups in total. The Hall–Kier alpha value is -2.07. The number of pyridine rings is 1. The minimum absolute atomic E-state index is 0.0661. The van der Waals surface area contributed by atoms with E-state index in [1.807, 2.05) is 24.4 Å². The van der Waals surface area contributed by atoms with Crippen LogP contribution >= 0.6 is 0 Å². The first kappa shape index (κ1) is 13.9. The highest BCUT2D eigenvalue weighted by Gasteiger charge is 2.23. The number of methoxy groups -OCH3 is 1. The molecule has 1 aromatic carbocycles. The SMILES string of the molecule is COc1ccc(N(c2cccnc2)C2CCCCO2)cc1. The molecule has 3 rings (SSSR count). The van der Waals surface area contributed by atoms with Gasteiger partial charge in [-0.1, -0.05) is 0 Å². The summed E-state index contributed by atoms with van der Waals surface area (Å²) in [6.45, 7) is 0.817. The maximum atomic E-state index is 5.97. The number of aromatic nitrogens is 1. The molecule has 1 atom stereocenters. The lowest BCUT2D eigenvalue weighted by atomic mass is 10.1. The molecular formula is C17H20N2O2. The number of ether oxygens (including phenoxy) is 2. The molecule has 2 aromatic rings. The van der Waals surface area contributed by atoms with E-state index in [1.165, 1.54) is 6.42 Å². The van der Waals surface area contributed by atoms with Crippen LogP contribution in [0.2, 0.25) is 0 Å². The zero-order valence-corrected chi connectivity index (χ0v) is 12.2. The van der Waals surface area contributed by atoms with Gasteiger partial charge in [-0.05, 0) is 55.7 Å². The standard InChI is InChI=1S/C17H20N2O2/c1-20-16-9-7-14(8-10-16)19(15-5-4-11-18-13-15)17-6-2-3-12-21-17/h4-5,7-11,13,17H,2-3,6,12H2,1H3. The Labute approximate surface area is 125 Å². The van der Waals surface area contributed by atoms with Crippen LogP contribution < -0.4 is 9.64 Å². The summed E-state index contributed by atoms with van der Waals surface area (Å²) in [7, 11) is 1.68. The smallest absolute Gasteiger partial charge is 0.134 e. The first-order valence-corrected chi connectivity index (χ1v) is 7.33. The summed E-state index contributed by atoms with van der Waals surface area (Å²) in [5.74, 6) is 0.856. The van der Waals surface area contributed by atoms with Crippen LogP contribution in [0.4, 0.5) is 11.4 Å². The van der Waals surface area contributed by atoms with Crippen LogP contribution in [0, 0.1) is 0 Å². The predicted molar refractivity (Wildman–Crippen MR) is 83.0 cm³/mol. The Balaban J connectivity index is 1.94. The molecule has 0 spiro atoms. The van der Waals surface area contributed by atoms with Crippen molar-refractivity contribution < 1.29 is 9.47 Å². The van der Waals surface area contributed by atoms with Crippen LogP contribution in [-0.2, 0) is 4.74 Å². The van der Waals surface area contributed by atoms with E-state index in [4.69, 9.17) is 9.47 Å². The van der Waals surface area contributed by atoms with Crippen LogP contribution in [0.3, 0.4) is 0 Å². The zero-order chi connectivity index (χ0) is 14.5. The first-order valence-electron chi connectivity index (χ1n) is 7.33. The Kier molecular flexibility index (Phi) is 4.36. The van der Waals surface area contributed by atoms with Crippen molar-refractivity contribution in [2.24, 2.45) is 0 Å². The fraction of sp³-hybridized carbons (Fsp3) is 0.353. The normalized spacial score (nSPS) is 18.2. The van der Waals surface area contributed by atoms with E-state index >= 15 is 0 Å². The van der Waals surface area contributed by atoms with E-state index in [1.54, 1.807) is 13.3 Å². The molecule has 0 bridgehead atoms. The monoisotopic (exact) mass is 284 g/mol. The van der Waals surface area contributed by atoms with Gasteiger partial charge in [0.2, 0.25) is 0 Å². The average molecular weight is 284 g/mol. The molecular weight excluding hydrogens is 264 g/mol. The summed E-state index contributed by atoms with van der Waals surface area (Å²) in [5, 5.41) is 0. The molecule has 2 heterocycles. The Morgan fingerprint density at radius 3 is 2.62 bits per heavy atom. The van der Waals surface area contributed by atoms with Gasteiger partial charge in [0.1, 0.15) is 12.0 Å². The molecule has 1 aromatic heterocycles. The number of hydrogen-bond acceptors (Lipinski definition) is 4. The molecule has 0 amide bonds. The summed E-state index contributed by atoms with van der Waals surface area (Å²) < 4.78 is 11.2. The Morgan fingerprint density at radius 1 is 1.14 bits per heavy atom. The molecule has 1 unspecified atom stereocenters. The van der Waals surface area contributed by atoms with Crippen LogP contribution in [0.25, 0.3) is 0 Å². The largest absolute Gasteiger partial charge is 0.497 e. The van der Waals surface area contributed by atoms with Gasteiger partial charge < -0.3 is 14.4 Å². The molecule has 1 saturated heterocycles. The van der Waals surface area contributed by atoms with Gasteiger partial charge in [0.05, 0.1) is 19.0 Å². The molecule has 1 fully saturated rings. The topological polar surface area (TPSA) is 34.6 Å². The van der Waals surface area contributed by atoms with E-state index in [9.17, 15) is 0 Å². The van der Waals surface area contributed by atoms with E-state index in [0.29, 0.717) is 0 Å². The average Bonchev–Trinajstić information content (AvgIpc) is 2.58. The predicted octanol–water partition coefficient (Wildman–Crippen LogP) is 3.75. The maximum absolute atomic E-state index is 5.97. The highest BCUT2D eigenvalue weighted by Crippen LogP contribution is 2.32. The summed E-state index contributed by atoms with van der Waals surface area (Å²) in [6.07, 6.45) is 7.09.